The second-order valence-corrected chi connectivity index (χ2v) is 8.19. The lowest BCUT2D eigenvalue weighted by Crippen LogP contribution is -2.33. The van der Waals surface area contributed by atoms with Crippen LogP contribution in [0.15, 0.2) is 18.2 Å². The summed E-state index contributed by atoms with van der Waals surface area (Å²) in [6.07, 6.45) is 4.60. The minimum absolute atomic E-state index is 0.0209. The van der Waals surface area contributed by atoms with Gasteiger partial charge >= 0.3 is 0 Å². The fourth-order valence-corrected chi connectivity index (χ4v) is 5.01. The molecule has 7 heteroatoms. The minimum atomic E-state index is -0.903. The number of nitrogens with zero attached hydrogens (tertiary/aromatic N) is 3. The Labute approximate surface area is 162 Å². The molecule has 2 aliphatic heterocycles. The number of aromatic nitrogens is 2. The number of likely N-dealkylation sites (tertiary alicyclic amines) is 1. The van der Waals surface area contributed by atoms with E-state index in [-0.39, 0.29) is 5.91 Å². The molecule has 2 atom stereocenters. The topological polar surface area (TPSA) is 50.2 Å². The van der Waals surface area contributed by atoms with Crippen molar-refractivity contribution < 1.29 is 13.6 Å². The van der Waals surface area contributed by atoms with Crippen molar-refractivity contribution in [2.75, 3.05) is 26.2 Å². The average molecular weight is 386 g/mol. The van der Waals surface area contributed by atoms with Gasteiger partial charge in [0, 0.05) is 30.4 Å². The summed E-state index contributed by atoms with van der Waals surface area (Å²) in [7, 11) is 0. The normalized spacial score (nSPS) is 24.1. The molecule has 5 nitrogen and oxygen atoms in total. The standard InChI is InChI=1S/C21H24F2N4O/c22-17-5-4-15(10-18(17)23)27-19-3-1-2-16(19)20(25-27)21(28)26-8-6-13-11-24-12-14(13)7-9-26/h4-5,10,13-14,24H,1-3,6-9,11-12H2/t13-,14+. The molecular weight excluding hydrogens is 362 g/mol. The molecule has 28 heavy (non-hydrogen) atoms. The van der Waals surface area contributed by atoms with Crippen molar-refractivity contribution >= 4 is 5.91 Å². The molecule has 0 spiro atoms. The highest BCUT2D eigenvalue weighted by molar-refractivity contribution is 5.94. The SMILES string of the molecule is O=C(c1nn(-c2ccc(F)c(F)c2)c2c1CCC2)N1CC[C@@H]2CNC[C@@H]2CC1. The summed E-state index contributed by atoms with van der Waals surface area (Å²) < 4.78 is 28.7. The quantitative estimate of drug-likeness (QED) is 0.864. The van der Waals surface area contributed by atoms with E-state index >= 15 is 0 Å². The first-order valence-corrected chi connectivity index (χ1v) is 10.2. The monoisotopic (exact) mass is 386 g/mol. The van der Waals surface area contributed by atoms with Gasteiger partial charge in [0.25, 0.3) is 5.91 Å². The van der Waals surface area contributed by atoms with Crippen LogP contribution in [0, 0.1) is 23.5 Å². The van der Waals surface area contributed by atoms with E-state index in [1.807, 2.05) is 4.90 Å². The number of rotatable bonds is 2. The third-order valence-electron chi connectivity index (χ3n) is 6.59. The number of amides is 1. The van der Waals surface area contributed by atoms with Gasteiger partial charge in [-0.25, -0.2) is 13.5 Å². The molecule has 0 radical (unpaired) electrons. The molecule has 0 unspecified atom stereocenters. The van der Waals surface area contributed by atoms with Crippen LogP contribution in [0.2, 0.25) is 0 Å². The number of hydrogen-bond acceptors (Lipinski definition) is 3. The number of nitrogens with one attached hydrogen (secondary N) is 1. The highest BCUT2D eigenvalue weighted by atomic mass is 19.2. The summed E-state index contributed by atoms with van der Waals surface area (Å²) in [5.74, 6) is -0.493. The molecule has 2 aromatic rings. The van der Waals surface area contributed by atoms with Gasteiger partial charge in [-0.15, -0.1) is 0 Å². The number of halogens is 2. The third-order valence-corrected chi connectivity index (χ3v) is 6.59. The fraction of sp³-hybridized carbons (Fsp3) is 0.524. The maximum Gasteiger partial charge on any atom is 0.274 e. The van der Waals surface area contributed by atoms with E-state index in [0.717, 1.165) is 81.7 Å². The van der Waals surface area contributed by atoms with Gasteiger partial charge in [0.1, 0.15) is 0 Å². The Kier molecular flexibility index (Phi) is 4.42. The Hall–Kier alpha value is -2.28. The predicted molar refractivity (Wildman–Crippen MR) is 100 cm³/mol. The largest absolute Gasteiger partial charge is 0.337 e. The van der Waals surface area contributed by atoms with E-state index in [1.165, 1.54) is 6.07 Å². The number of fused-ring (bicyclic) bond motifs is 2. The number of hydrogen-bond donors (Lipinski definition) is 1. The van der Waals surface area contributed by atoms with Crippen LogP contribution < -0.4 is 5.32 Å². The summed E-state index contributed by atoms with van der Waals surface area (Å²) in [5, 5.41) is 8.03. The first-order chi connectivity index (χ1) is 13.6. The van der Waals surface area contributed by atoms with Crippen molar-refractivity contribution in [1.82, 2.24) is 20.0 Å². The Balaban J connectivity index is 1.45. The molecule has 1 N–H and O–H groups in total. The third kappa shape index (κ3) is 2.92. The zero-order chi connectivity index (χ0) is 19.3. The fourth-order valence-electron chi connectivity index (χ4n) is 5.01. The van der Waals surface area contributed by atoms with Crippen molar-refractivity contribution in [1.29, 1.82) is 0 Å². The van der Waals surface area contributed by atoms with Gasteiger partial charge in [-0.1, -0.05) is 0 Å². The van der Waals surface area contributed by atoms with Crippen LogP contribution in [0.3, 0.4) is 0 Å². The van der Waals surface area contributed by atoms with Crippen molar-refractivity contribution in [3.8, 4) is 5.69 Å². The molecule has 3 heterocycles. The molecule has 2 saturated heterocycles. The second-order valence-electron chi connectivity index (χ2n) is 8.19. The lowest BCUT2D eigenvalue weighted by molar-refractivity contribution is 0.0751. The summed E-state index contributed by atoms with van der Waals surface area (Å²) in [5.41, 5.74) is 2.88. The maximum atomic E-state index is 13.7. The van der Waals surface area contributed by atoms with Crippen LogP contribution >= 0.6 is 0 Å². The van der Waals surface area contributed by atoms with Gasteiger partial charge in [0.2, 0.25) is 0 Å². The summed E-state index contributed by atoms with van der Waals surface area (Å²) in [6, 6.07) is 3.77. The predicted octanol–water partition coefficient (Wildman–Crippen LogP) is 2.71. The van der Waals surface area contributed by atoms with Gasteiger partial charge in [-0.3, -0.25) is 4.79 Å². The Bertz CT molecular complexity index is 911. The van der Waals surface area contributed by atoms with Crippen LogP contribution in [0.1, 0.15) is 41.0 Å². The molecule has 1 aliphatic carbocycles. The van der Waals surface area contributed by atoms with Crippen LogP contribution in [0.25, 0.3) is 5.69 Å². The second kappa shape index (κ2) is 6.95. The van der Waals surface area contributed by atoms with Crippen LogP contribution in [0.5, 0.6) is 0 Å². The number of carbonyl (C=O) groups is 1. The smallest absolute Gasteiger partial charge is 0.274 e. The Morgan fingerprint density at radius 1 is 1.07 bits per heavy atom. The molecule has 2 fully saturated rings. The average Bonchev–Trinajstić information content (AvgIpc) is 3.38. The zero-order valence-electron chi connectivity index (χ0n) is 15.8. The van der Waals surface area contributed by atoms with E-state index in [0.29, 0.717) is 23.2 Å². The van der Waals surface area contributed by atoms with Gasteiger partial charge in [0.15, 0.2) is 17.3 Å². The molecule has 148 valence electrons. The van der Waals surface area contributed by atoms with E-state index in [4.69, 9.17) is 0 Å². The van der Waals surface area contributed by atoms with Crippen molar-refractivity contribution in [2.45, 2.75) is 32.1 Å². The van der Waals surface area contributed by atoms with E-state index < -0.39 is 11.6 Å². The van der Waals surface area contributed by atoms with Crippen LogP contribution in [0.4, 0.5) is 8.78 Å². The number of carbonyl (C=O) groups excluding carboxylic acids is 1. The van der Waals surface area contributed by atoms with E-state index in [2.05, 4.69) is 10.4 Å². The van der Waals surface area contributed by atoms with Crippen molar-refractivity contribution in [2.24, 2.45) is 11.8 Å². The molecule has 1 aromatic carbocycles. The van der Waals surface area contributed by atoms with E-state index in [1.54, 1.807) is 4.68 Å². The molecule has 0 saturated carbocycles. The van der Waals surface area contributed by atoms with Crippen LogP contribution in [-0.4, -0.2) is 46.8 Å². The van der Waals surface area contributed by atoms with Gasteiger partial charge < -0.3 is 10.2 Å². The first-order valence-electron chi connectivity index (χ1n) is 10.2. The number of benzene rings is 1. The molecule has 0 bridgehead atoms. The van der Waals surface area contributed by atoms with Crippen molar-refractivity contribution in [3.63, 3.8) is 0 Å². The molecule has 3 aliphatic rings. The highest BCUT2D eigenvalue weighted by Crippen LogP contribution is 2.31. The zero-order valence-corrected chi connectivity index (χ0v) is 15.8. The molecule has 1 amide bonds. The summed E-state index contributed by atoms with van der Waals surface area (Å²) in [6.45, 7) is 3.61. The molecule has 1 aromatic heterocycles. The summed E-state index contributed by atoms with van der Waals surface area (Å²) in [4.78, 5) is 15.2. The first kappa shape index (κ1) is 17.8. The maximum absolute atomic E-state index is 13.7. The van der Waals surface area contributed by atoms with Crippen molar-refractivity contribution in [3.05, 3.63) is 46.8 Å². The lowest BCUT2D eigenvalue weighted by Gasteiger charge is -2.20. The highest BCUT2D eigenvalue weighted by Gasteiger charge is 2.34. The van der Waals surface area contributed by atoms with Crippen LogP contribution in [-0.2, 0) is 12.8 Å². The van der Waals surface area contributed by atoms with Gasteiger partial charge in [0.05, 0.1) is 5.69 Å². The minimum Gasteiger partial charge on any atom is -0.337 e. The lowest BCUT2D eigenvalue weighted by atomic mass is 9.92. The Morgan fingerprint density at radius 2 is 1.82 bits per heavy atom. The molecule has 5 rings (SSSR count). The Morgan fingerprint density at radius 3 is 2.54 bits per heavy atom. The van der Waals surface area contributed by atoms with Gasteiger partial charge in [-0.05, 0) is 69.2 Å². The van der Waals surface area contributed by atoms with E-state index in [9.17, 15) is 13.6 Å². The summed E-state index contributed by atoms with van der Waals surface area (Å²) >= 11 is 0. The molecular formula is C21H24F2N4O. The van der Waals surface area contributed by atoms with Gasteiger partial charge in [-0.2, -0.15) is 5.10 Å².